The molecule has 2 aromatic rings. The number of ketones is 1. The quantitative estimate of drug-likeness (QED) is 0.524. The molecule has 0 aromatic heterocycles. The van der Waals surface area contributed by atoms with Gasteiger partial charge in [-0.15, -0.1) is 0 Å². The molecule has 0 aliphatic rings. The Morgan fingerprint density at radius 2 is 2.00 bits per heavy atom. The van der Waals surface area contributed by atoms with Crippen LogP contribution in [0, 0.1) is 0 Å². The molecule has 0 saturated heterocycles. The topological polar surface area (TPSA) is 26.3 Å². The van der Waals surface area contributed by atoms with Gasteiger partial charge in [0, 0.05) is 12.0 Å². The summed E-state index contributed by atoms with van der Waals surface area (Å²) >= 11 is 3.54. The average Bonchev–Trinajstić information content (AvgIpc) is 2.47. The van der Waals surface area contributed by atoms with Crippen molar-refractivity contribution >= 4 is 32.5 Å². The molecule has 0 heterocycles. The summed E-state index contributed by atoms with van der Waals surface area (Å²) in [7, 11) is 1.65. The Morgan fingerprint density at radius 1 is 1.20 bits per heavy atom. The van der Waals surface area contributed by atoms with Crippen molar-refractivity contribution in [3.63, 3.8) is 0 Å². The minimum absolute atomic E-state index is 0.229. The zero-order valence-electron chi connectivity index (χ0n) is 11.9. The maximum Gasteiger partial charge on any atom is 0.162 e. The molecule has 0 atom stereocenters. The van der Waals surface area contributed by atoms with Gasteiger partial charge in [-0.25, -0.2) is 0 Å². The van der Waals surface area contributed by atoms with Crippen molar-refractivity contribution in [1.29, 1.82) is 0 Å². The number of fused-ring (bicyclic) bond motifs is 1. The largest absolute Gasteiger partial charge is 0.496 e. The Bertz CT molecular complexity index is 620. The van der Waals surface area contributed by atoms with Gasteiger partial charge in [0.1, 0.15) is 5.75 Å². The fourth-order valence-electron chi connectivity index (χ4n) is 2.28. The predicted octanol–water partition coefficient (Wildman–Crippen LogP) is 5.37. The first-order valence-corrected chi connectivity index (χ1v) is 7.76. The van der Waals surface area contributed by atoms with Crippen LogP contribution in [-0.2, 0) is 0 Å². The van der Waals surface area contributed by atoms with E-state index in [9.17, 15) is 4.79 Å². The second kappa shape index (κ2) is 6.89. The molecule has 106 valence electrons. The number of hydrogen-bond acceptors (Lipinski definition) is 2. The van der Waals surface area contributed by atoms with E-state index in [0.717, 1.165) is 45.8 Å². The summed E-state index contributed by atoms with van der Waals surface area (Å²) in [6, 6.07) is 9.75. The summed E-state index contributed by atoms with van der Waals surface area (Å²) in [6.07, 6.45) is 3.86. The molecular weight excluding hydrogens is 316 g/mol. The maximum atomic E-state index is 12.1. The molecular formula is C17H19BrO2. The van der Waals surface area contributed by atoms with Crippen LogP contribution in [0.5, 0.6) is 5.75 Å². The second-order valence-electron chi connectivity index (χ2n) is 4.90. The predicted molar refractivity (Wildman–Crippen MR) is 86.7 cm³/mol. The van der Waals surface area contributed by atoms with Gasteiger partial charge in [-0.1, -0.05) is 38.0 Å². The highest BCUT2D eigenvalue weighted by Crippen LogP contribution is 2.33. The molecule has 0 aliphatic heterocycles. The number of halogens is 1. The number of rotatable bonds is 6. The van der Waals surface area contributed by atoms with Gasteiger partial charge in [0.15, 0.2) is 5.78 Å². The van der Waals surface area contributed by atoms with Gasteiger partial charge >= 0.3 is 0 Å². The van der Waals surface area contributed by atoms with Crippen molar-refractivity contribution in [1.82, 2.24) is 0 Å². The Balaban J connectivity index is 2.28. The van der Waals surface area contributed by atoms with E-state index in [1.54, 1.807) is 7.11 Å². The summed E-state index contributed by atoms with van der Waals surface area (Å²) in [6.45, 7) is 2.14. The van der Waals surface area contributed by atoms with Crippen LogP contribution < -0.4 is 4.74 Å². The molecule has 0 aliphatic carbocycles. The summed E-state index contributed by atoms with van der Waals surface area (Å²) in [5.41, 5.74) is 0.797. The number of benzene rings is 2. The highest BCUT2D eigenvalue weighted by molar-refractivity contribution is 9.10. The number of carbonyl (C=O) groups excluding carboxylic acids is 1. The van der Waals surface area contributed by atoms with E-state index in [1.807, 2.05) is 30.3 Å². The average molecular weight is 335 g/mol. The Morgan fingerprint density at radius 3 is 2.70 bits per heavy atom. The number of hydrogen-bond donors (Lipinski definition) is 0. The number of methoxy groups -OCH3 is 1. The molecule has 0 bridgehead atoms. The summed E-state index contributed by atoms with van der Waals surface area (Å²) < 4.78 is 6.22. The first-order valence-electron chi connectivity index (χ1n) is 6.96. The lowest BCUT2D eigenvalue weighted by atomic mass is 10.0. The number of ether oxygens (including phenoxy) is 1. The van der Waals surface area contributed by atoms with Crippen LogP contribution in [0.3, 0.4) is 0 Å². The smallest absolute Gasteiger partial charge is 0.162 e. The van der Waals surface area contributed by atoms with E-state index in [-0.39, 0.29) is 5.78 Å². The number of unbranched alkanes of at least 4 members (excludes halogenated alkanes) is 2. The second-order valence-corrected chi connectivity index (χ2v) is 5.69. The van der Waals surface area contributed by atoms with Gasteiger partial charge in [-0.3, -0.25) is 4.79 Å². The molecule has 0 amide bonds. The highest BCUT2D eigenvalue weighted by Gasteiger charge is 2.09. The van der Waals surface area contributed by atoms with E-state index >= 15 is 0 Å². The van der Waals surface area contributed by atoms with Crippen LogP contribution in [0.4, 0.5) is 0 Å². The number of carbonyl (C=O) groups is 1. The van der Waals surface area contributed by atoms with Crippen LogP contribution in [-0.4, -0.2) is 12.9 Å². The molecule has 2 aromatic carbocycles. The van der Waals surface area contributed by atoms with Crippen molar-refractivity contribution in [3.8, 4) is 5.75 Å². The summed E-state index contributed by atoms with van der Waals surface area (Å²) in [5, 5.41) is 2.12. The molecule has 20 heavy (non-hydrogen) atoms. The van der Waals surface area contributed by atoms with Gasteiger partial charge in [0.25, 0.3) is 0 Å². The standard InChI is InChI=1S/C17H19BrO2/c1-3-4-5-6-15(19)13-7-9-14-12(11-13)8-10-16(20-2)17(14)18/h7-11H,3-6H2,1-2H3. The SMILES string of the molecule is CCCCCC(=O)c1ccc2c(Br)c(OC)ccc2c1. The fraction of sp³-hybridized carbons (Fsp3) is 0.353. The molecule has 0 spiro atoms. The minimum atomic E-state index is 0.229. The van der Waals surface area contributed by atoms with Crippen LogP contribution in [0.2, 0.25) is 0 Å². The van der Waals surface area contributed by atoms with Crippen molar-refractivity contribution < 1.29 is 9.53 Å². The van der Waals surface area contributed by atoms with E-state index in [4.69, 9.17) is 4.74 Å². The molecule has 3 heteroatoms. The van der Waals surface area contributed by atoms with Crippen LogP contribution in [0.1, 0.15) is 43.0 Å². The van der Waals surface area contributed by atoms with Crippen molar-refractivity contribution in [3.05, 3.63) is 40.4 Å². The van der Waals surface area contributed by atoms with Crippen molar-refractivity contribution in [2.45, 2.75) is 32.6 Å². The molecule has 2 nitrogen and oxygen atoms in total. The van der Waals surface area contributed by atoms with Gasteiger partial charge < -0.3 is 4.74 Å². The van der Waals surface area contributed by atoms with Gasteiger partial charge in [-0.05, 0) is 45.3 Å². The lowest BCUT2D eigenvalue weighted by molar-refractivity contribution is 0.0979. The van der Waals surface area contributed by atoms with Crippen molar-refractivity contribution in [2.75, 3.05) is 7.11 Å². The van der Waals surface area contributed by atoms with E-state index in [1.165, 1.54) is 0 Å². The Hall–Kier alpha value is -1.35. The minimum Gasteiger partial charge on any atom is -0.496 e. The fourth-order valence-corrected chi connectivity index (χ4v) is 2.94. The molecule has 2 rings (SSSR count). The summed E-state index contributed by atoms with van der Waals surface area (Å²) in [4.78, 5) is 12.1. The van der Waals surface area contributed by atoms with E-state index < -0.39 is 0 Å². The van der Waals surface area contributed by atoms with E-state index in [2.05, 4.69) is 22.9 Å². The van der Waals surface area contributed by atoms with Crippen LogP contribution in [0.15, 0.2) is 34.8 Å². The highest BCUT2D eigenvalue weighted by atomic mass is 79.9. The summed E-state index contributed by atoms with van der Waals surface area (Å²) in [5.74, 6) is 1.03. The molecule has 0 fully saturated rings. The maximum absolute atomic E-state index is 12.1. The Labute approximate surface area is 128 Å². The third kappa shape index (κ3) is 3.21. The molecule has 0 N–H and O–H groups in total. The lowest BCUT2D eigenvalue weighted by Gasteiger charge is -2.08. The van der Waals surface area contributed by atoms with Gasteiger partial charge in [0.2, 0.25) is 0 Å². The normalized spacial score (nSPS) is 10.8. The third-order valence-electron chi connectivity index (χ3n) is 3.47. The molecule has 0 saturated carbocycles. The zero-order valence-corrected chi connectivity index (χ0v) is 13.5. The first kappa shape index (κ1) is 15.0. The lowest BCUT2D eigenvalue weighted by Crippen LogP contribution is -1.99. The molecule has 0 radical (unpaired) electrons. The van der Waals surface area contributed by atoms with Gasteiger partial charge in [-0.2, -0.15) is 0 Å². The van der Waals surface area contributed by atoms with Crippen LogP contribution in [0.25, 0.3) is 10.8 Å². The third-order valence-corrected chi connectivity index (χ3v) is 4.29. The Kier molecular flexibility index (Phi) is 5.18. The van der Waals surface area contributed by atoms with Crippen molar-refractivity contribution in [2.24, 2.45) is 0 Å². The number of Topliss-reactive ketones (excluding diaryl/α,β-unsaturated/α-hetero) is 1. The monoisotopic (exact) mass is 334 g/mol. The molecule has 0 unspecified atom stereocenters. The first-order chi connectivity index (χ1) is 9.67. The van der Waals surface area contributed by atoms with Crippen LogP contribution >= 0.6 is 15.9 Å². The van der Waals surface area contributed by atoms with Gasteiger partial charge in [0.05, 0.1) is 11.6 Å². The zero-order chi connectivity index (χ0) is 14.5. The van der Waals surface area contributed by atoms with E-state index in [0.29, 0.717) is 6.42 Å².